The minimum absolute atomic E-state index is 0.267. The molecule has 1 aliphatic heterocycles. The molecular weight excluding hydrogens is 438 g/mol. The van der Waals surface area contributed by atoms with Gasteiger partial charge in [0.1, 0.15) is 16.5 Å². The summed E-state index contributed by atoms with van der Waals surface area (Å²) in [6.07, 6.45) is 0. The molecule has 5 rings (SSSR count). The lowest BCUT2D eigenvalue weighted by atomic mass is 10.2. The molecule has 1 fully saturated rings. The third kappa shape index (κ3) is 5.16. The number of benzene rings is 2. The quantitative estimate of drug-likeness (QED) is 0.384. The predicted octanol–water partition coefficient (Wildman–Crippen LogP) is 4.15. The highest BCUT2D eigenvalue weighted by Crippen LogP contribution is 2.30. The van der Waals surface area contributed by atoms with E-state index in [2.05, 4.69) is 45.1 Å². The minimum Gasteiger partial charge on any atom is -0.497 e. The average molecular weight is 466 g/mol. The molecule has 0 amide bonds. The molecule has 4 aromatic rings. The maximum Gasteiger partial charge on any atom is 0.240 e. The van der Waals surface area contributed by atoms with Gasteiger partial charge in [-0.3, -0.25) is 9.80 Å². The zero-order valence-corrected chi connectivity index (χ0v) is 19.6. The molecular formula is C24H27N5O3S. The number of rotatable bonds is 8. The van der Waals surface area contributed by atoms with Gasteiger partial charge in [0.2, 0.25) is 11.7 Å². The van der Waals surface area contributed by atoms with Crippen LogP contribution in [0.15, 0.2) is 53.1 Å². The third-order valence-electron chi connectivity index (χ3n) is 5.92. The Balaban J connectivity index is 1.10. The zero-order valence-electron chi connectivity index (χ0n) is 18.8. The Hall–Kier alpha value is -3.01. The molecule has 1 saturated heterocycles. The van der Waals surface area contributed by atoms with Gasteiger partial charge in [-0.05, 0) is 43.3 Å². The molecule has 0 spiro atoms. The monoisotopic (exact) mass is 465 g/mol. The number of para-hydroxylation sites is 1. The first-order valence-corrected chi connectivity index (χ1v) is 11.9. The summed E-state index contributed by atoms with van der Waals surface area (Å²) < 4.78 is 17.6. The normalized spacial score (nSPS) is 16.2. The van der Waals surface area contributed by atoms with Crippen LogP contribution in [0.5, 0.6) is 11.5 Å². The fraction of sp³-hybridized carbons (Fsp3) is 0.375. The fourth-order valence-corrected chi connectivity index (χ4v) is 5.01. The van der Waals surface area contributed by atoms with E-state index in [1.807, 2.05) is 30.3 Å². The molecule has 8 nitrogen and oxygen atoms in total. The van der Waals surface area contributed by atoms with Gasteiger partial charge in [-0.25, -0.2) is 4.98 Å². The molecule has 1 atom stereocenters. The van der Waals surface area contributed by atoms with Crippen molar-refractivity contribution in [1.29, 1.82) is 0 Å². The van der Waals surface area contributed by atoms with E-state index in [9.17, 15) is 0 Å². The maximum absolute atomic E-state index is 5.73. The molecule has 9 heteroatoms. The van der Waals surface area contributed by atoms with Crippen molar-refractivity contribution in [2.45, 2.75) is 26.1 Å². The van der Waals surface area contributed by atoms with Gasteiger partial charge < -0.3 is 14.0 Å². The van der Waals surface area contributed by atoms with E-state index >= 15 is 0 Å². The molecule has 172 valence electrons. The van der Waals surface area contributed by atoms with Crippen molar-refractivity contribution in [3.05, 3.63) is 65.3 Å². The van der Waals surface area contributed by atoms with E-state index in [1.54, 1.807) is 18.4 Å². The Morgan fingerprint density at radius 2 is 1.76 bits per heavy atom. The van der Waals surface area contributed by atoms with Crippen molar-refractivity contribution >= 4 is 21.6 Å². The van der Waals surface area contributed by atoms with E-state index in [4.69, 9.17) is 19.0 Å². The molecule has 33 heavy (non-hydrogen) atoms. The summed E-state index contributed by atoms with van der Waals surface area (Å²) in [5.41, 5.74) is 1.09. The minimum atomic E-state index is 0.267. The molecule has 0 saturated carbocycles. The first-order valence-electron chi connectivity index (χ1n) is 11.1. The first kappa shape index (κ1) is 21.8. The SMILES string of the molecule is COc1ccc(OCc2noc(CN3CCN([C@H](C)c4nc5ccccc5s4)CC3)n2)cc1. The molecule has 2 aromatic carbocycles. The van der Waals surface area contributed by atoms with E-state index < -0.39 is 0 Å². The van der Waals surface area contributed by atoms with Gasteiger partial charge in [0.25, 0.3) is 0 Å². The van der Waals surface area contributed by atoms with Crippen LogP contribution in [-0.2, 0) is 13.2 Å². The standard InChI is InChI=1S/C24H27N5O3S/c1-17(24-25-20-5-3-4-6-21(20)33-24)29-13-11-28(12-14-29)15-23-26-22(27-32-23)16-31-19-9-7-18(30-2)8-10-19/h3-10,17H,11-16H2,1-2H3/t17-/m1/s1. The second-order valence-corrected chi connectivity index (χ2v) is 9.14. The van der Waals surface area contributed by atoms with Gasteiger partial charge in [-0.15, -0.1) is 11.3 Å². The predicted molar refractivity (Wildman–Crippen MR) is 127 cm³/mol. The van der Waals surface area contributed by atoms with Gasteiger partial charge in [-0.1, -0.05) is 17.3 Å². The van der Waals surface area contributed by atoms with Gasteiger partial charge in [0, 0.05) is 26.2 Å². The molecule has 2 aromatic heterocycles. The lowest BCUT2D eigenvalue weighted by Crippen LogP contribution is -2.46. The van der Waals surface area contributed by atoms with Crippen molar-refractivity contribution in [1.82, 2.24) is 24.9 Å². The lowest BCUT2D eigenvalue weighted by Gasteiger charge is -2.36. The molecule has 0 bridgehead atoms. The Morgan fingerprint density at radius 3 is 2.52 bits per heavy atom. The smallest absolute Gasteiger partial charge is 0.240 e. The summed E-state index contributed by atoms with van der Waals surface area (Å²) in [5, 5.41) is 5.24. The van der Waals surface area contributed by atoms with Crippen molar-refractivity contribution in [3.63, 3.8) is 0 Å². The Labute approximate surface area is 196 Å². The van der Waals surface area contributed by atoms with Crippen LogP contribution in [0.2, 0.25) is 0 Å². The fourth-order valence-electron chi connectivity index (χ4n) is 3.96. The topological polar surface area (TPSA) is 76.8 Å². The van der Waals surface area contributed by atoms with Crippen LogP contribution in [0.3, 0.4) is 0 Å². The van der Waals surface area contributed by atoms with Crippen LogP contribution in [0.25, 0.3) is 10.2 Å². The number of hydrogen-bond acceptors (Lipinski definition) is 9. The Morgan fingerprint density at radius 1 is 1.00 bits per heavy atom. The van der Waals surface area contributed by atoms with Crippen molar-refractivity contribution in [2.75, 3.05) is 33.3 Å². The lowest BCUT2D eigenvalue weighted by molar-refractivity contribution is 0.0904. The van der Waals surface area contributed by atoms with Crippen LogP contribution in [0.4, 0.5) is 0 Å². The van der Waals surface area contributed by atoms with Gasteiger partial charge in [0.15, 0.2) is 6.61 Å². The Kier molecular flexibility index (Phi) is 6.52. The summed E-state index contributed by atoms with van der Waals surface area (Å²) >= 11 is 1.79. The van der Waals surface area contributed by atoms with Crippen LogP contribution in [0.1, 0.15) is 29.7 Å². The summed E-state index contributed by atoms with van der Waals surface area (Å²) in [5.74, 6) is 2.69. The van der Waals surface area contributed by atoms with Gasteiger partial charge in [0.05, 0.1) is 29.9 Å². The Bertz CT molecular complexity index is 1150. The number of fused-ring (bicyclic) bond motifs is 1. The number of ether oxygens (including phenoxy) is 2. The van der Waals surface area contributed by atoms with E-state index in [0.29, 0.717) is 24.3 Å². The first-order chi connectivity index (χ1) is 16.2. The number of hydrogen-bond donors (Lipinski definition) is 0. The average Bonchev–Trinajstić information content (AvgIpc) is 3.50. The summed E-state index contributed by atoms with van der Waals surface area (Å²) in [7, 11) is 1.64. The molecule has 0 unspecified atom stereocenters. The summed E-state index contributed by atoms with van der Waals surface area (Å²) in [4.78, 5) is 14.2. The molecule has 1 aliphatic rings. The highest BCUT2D eigenvalue weighted by molar-refractivity contribution is 7.18. The van der Waals surface area contributed by atoms with Crippen molar-refractivity contribution < 1.29 is 14.0 Å². The summed E-state index contributed by atoms with van der Waals surface area (Å²) in [6.45, 7) is 7.05. The van der Waals surface area contributed by atoms with Crippen LogP contribution in [-0.4, -0.2) is 58.2 Å². The van der Waals surface area contributed by atoms with E-state index in [0.717, 1.165) is 43.2 Å². The van der Waals surface area contributed by atoms with Crippen molar-refractivity contribution in [2.24, 2.45) is 0 Å². The van der Waals surface area contributed by atoms with Crippen molar-refractivity contribution in [3.8, 4) is 11.5 Å². The summed E-state index contributed by atoms with van der Waals surface area (Å²) in [6, 6.07) is 16.1. The van der Waals surface area contributed by atoms with Crippen LogP contribution < -0.4 is 9.47 Å². The van der Waals surface area contributed by atoms with Gasteiger partial charge >= 0.3 is 0 Å². The van der Waals surface area contributed by atoms with Gasteiger partial charge in [-0.2, -0.15) is 4.98 Å². The molecule has 3 heterocycles. The van der Waals surface area contributed by atoms with E-state index in [-0.39, 0.29) is 6.61 Å². The largest absolute Gasteiger partial charge is 0.497 e. The molecule has 0 N–H and O–H groups in total. The second kappa shape index (κ2) is 9.86. The highest BCUT2D eigenvalue weighted by atomic mass is 32.1. The number of methoxy groups -OCH3 is 1. The third-order valence-corrected chi connectivity index (χ3v) is 7.13. The number of aromatic nitrogens is 3. The highest BCUT2D eigenvalue weighted by Gasteiger charge is 2.25. The number of piperazine rings is 1. The van der Waals surface area contributed by atoms with E-state index in [1.165, 1.54) is 9.71 Å². The van der Waals surface area contributed by atoms with Crippen LogP contribution in [0, 0.1) is 0 Å². The maximum atomic E-state index is 5.73. The van der Waals surface area contributed by atoms with Crippen LogP contribution >= 0.6 is 11.3 Å². The second-order valence-electron chi connectivity index (χ2n) is 8.08. The number of thiazole rings is 1. The number of nitrogens with zero attached hydrogens (tertiary/aromatic N) is 5. The molecule has 0 radical (unpaired) electrons. The zero-order chi connectivity index (χ0) is 22.6. The molecule has 0 aliphatic carbocycles.